The first-order valence-electron chi connectivity index (χ1n) is 10.5. The van der Waals surface area contributed by atoms with Gasteiger partial charge in [-0.25, -0.2) is 0 Å². The Hall–Kier alpha value is -3.99. The molecule has 0 aromatic heterocycles. The zero-order valence-corrected chi connectivity index (χ0v) is 18.0. The van der Waals surface area contributed by atoms with Crippen LogP contribution in [0.5, 0.6) is 0 Å². The van der Waals surface area contributed by atoms with E-state index in [1.807, 2.05) is 55.5 Å². The smallest absolute Gasteiger partial charge is 0.265 e. The minimum atomic E-state index is -1.50. The number of hydrogen-bond acceptors (Lipinski definition) is 3. The minimum absolute atomic E-state index is 0.114. The third-order valence-corrected chi connectivity index (χ3v) is 6.34. The quantitative estimate of drug-likeness (QED) is 0.573. The standard InChI is InChI=1S/C27H22N2O3/c1-17-13-14-21-18(2)27(29(19(3)30)24(21)15-17)23-12-8-7-11-22(23)25(31)28(26(27)32)16-20-9-5-4-6-10-20/h4-15H,2,16H2,1,3H3. The maximum absolute atomic E-state index is 14.3. The number of aryl methyl sites for hydroxylation is 1. The zero-order valence-electron chi connectivity index (χ0n) is 18.0. The molecule has 0 saturated carbocycles. The Morgan fingerprint density at radius 2 is 1.62 bits per heavy atom. The van der Waals surface area contributed by atoms with Crippen molar-refractivity contribution in [1.29, 1.82) is 0 Å². The van der Waals surface area contributed by atoms with Gasteiger partial charge in [-0.05, 0) is 35.8 Å². The van der Waals surface area contributed by atoms with Crippen LogP contribution < -0.4 is 4.90 Å². The lowest BCUT2D eigenvalue weighted by atomic mass is 9.75. The molecule has 0 radical (unpaired) electrons. The summed E-state index contributed by atoms with van der Waals surface area (Å²) >= 11 is 0. The van der Waals surface area contributed by atoms with Crippen molar-refractivity contribution < 1.29 is 14.4 Å². The highest BCUT2D eigenvalue weighted by Crippen LogP contribution is 2.55. The molecule has 0 fully saturated rings. The maximum atomic E-state index is 14.3. The highest BCUT2D eigenvalue weighted by atomic mass is 16.2. The highest BCUT2D eigenvalue weighted by Gasteiger charge is 2.61. The average molecular weight is 422 g/mol. The number of rotatable bonds is 2. The second-order valence-electron chi connectivity index (χ2n) is 8.29. The monoisotopic (exact) mass is 422 g/mol. The lowest BCUT2D eigenvalue weighted by molar-refractivity contribution is -0.135. The summed E-state index contributed by atoms with van der Waals surface area (Å²) in [5.41, 5.74) is 3.08. The molecule has 2 aliphatic rings. The van der Waals surface area contributed by atoms with Gasteiger partial charge in [0.25, 0.3) is 11.8 Å². The van der Waals surface area contributed by atoms with Crippen molar-refractivity contribution in [3.05, 3.63) is 107 Å². The molecule has 3 aromatic carbocycles. The van der Waals surface area contributed by atoms with Gasteiger partial charge in [0.2, 0.25) is 5.91 Å². The van der Waals surface area contributed by atoms with E-state index in [-0.39, 0.29) is 18.4 Å². The van der Waals surface area contributed by atoms with Gasteiger partial charge in [0.15, 0.2) is 5.54 Å². The van der Waals surface area contributed by atoms with Gasteiger partial charge in [-0.1, -0.05) is 67.2 Å². The molecule has 3 amide bonds. The highest BCUT2D eigenvalue weighted by molar-refractivity contribution is 6.24. The topological polar surface area (TPSA) is 57.7 Å². The number of nitrogens with zero attached hydrogens (tertiary/aromatic N) is 2. The summed E-state index contributed by atoms with van der Waals surface area (Å²) in [4.78, 5) is 43.5. The van der Waals surface area contributed by atoms with Crippen molar-refractivity contribution in [3.63, 3.8) is 0 Å². The summed E-state index contributed by atoms with van der Waals surface area (Å²) in [6, 6.07) is 22.1. The van der Waals surface area contributed by atoms with Crippen LogP contribution in [-0.2, 0) is 21.7 Å². The largest absolute Gasteiger partial charge is 0.288 e. The first kappa shape index (κ1) is 19.9. The molecule has 0 saturated heterocycles. The van der Waals surface area contributed by atoms with Crippen LogP contribution in [0.4, 0.5) is 5.69 Å². The number of carbonyl (C=O) groups excluding carboxylic acids is 3. The molecule has 5 nitrogen and oxygen atoms in total. The van der Waals surface area contributed by atoms with Gasteiger partial charge in [-0.15, -0.1) is 0 Å². The first-order chi connectivity index (χ1) is 15.4. The summed E-state index contributed by atoms with van der Waals surface area (Å²) in [5, 5.41) is 0. The van der Waals surface area contributed by atoms with Crippen molar-refractivity contribution in [3.8, 4) is 0 Å². The molecule has 0 aliphatic carbocycles. The van der Waals surface area contributed by atoms with Gasteiger partial charge in [0, 0.05) is 23.6 Å². The first-order valence-corrected chi connectivity index (χ1v) is 10.5. The van der Waals surface area contributed by atoms with Crippen LogP contribution in [0.2, 0.25) is 0 Å². The lowest BCUT2D eigenvalue weighted by Gasteiger charge is -2.45. The Kier molecular flexibility index (Phi) is 4.38. The van der Waals surface area contributed by atoms with E-state index in [4.69, 9.17) is 0 Å². The van der Waals surface area contributed by atoms with E-state index in [1.165, 1.54) is 16.7 Å². The van der Waals surface area contributed by atoms with Crippen molar-refractivity contribution in [2.75, 3.05) is 4.90 Å². The van der Waals surface area contributed by atoms with Crippen LogP contribution in [0.25, 0.3) is 5.57 Å². The van der Waals surface area contributed by atoms with Gasteiger partial charge in [0.05, 0.1) is 12.2 Å². The number of fused-ring (bicyclic) bond motifs is 3. The summed E-state index contributed by atoms with van der Waals surface area (Å²) in [7, 11) is 0. The van der Waals surface area contributed by atoms with E-state index in [0.717, 1.165) is 16.7 Å². The van der Waals surface area contributed by atoms with Crippen molar-refractivity contribution in [2.24, 2.45) is 0 Å². The third kappa shape index (κ3) is 2.54. The van der Waals surface area contributed by atoms with E-state index < -0.39 is 11.4 Å². The Balaban J connectivity index is 1.79. The lowest BCUT2D eigenvalue weighted by Crippen LogP contribution is -2.61. The Labute approximate surface area is 186 Å². The summed E-state index contributed by atoms with van der Waals surface area (Å²) in [6.07, 6.45) is 0. The Morgan fingerprint density at radius 1 is 0.938 bits per heavy atom. The molecule has 1 unspecified atom stereocenters. The van der Waals surface area contributed by atoms with Crippen LogP contribution in [0.1, 0.15) is 39.5 Å². The number of carbonyl (C=O) groups is 3. The number of anilines is 1. The molecule has 2 heterocycles. The number of benzene rings is 3. The molecule has 0 bridgehead atoms. The van der Waals surface area contributed by atoms with E-state index in [1.54, 1.807) is 24.3 Å². The normalized spacial score (nSPS) is 19.4. The molecular weight excluding hydrogens is 400 g/mol. The predicted octanol–water partition coefficient (Wildman–Crippen LogP) is 4.45. The van der Waals surface area contributed by atoms with Gasteiger partial charge < -0.3 is 0 Å². The molecular formula is C27H22N2O3. The van der Waals surface area contributed by atoms with E-state index in [2.05, 4.69) is 6.58 Å². The molecule has 1 atom stereocenters. The van der Waals surface area contributed by atoms with Crippen LogP contribution in [0.3, 0.4) is 0 Å². The van der Waals surface area contributed by atoms with Crippen molar-refractivity contribution >= 4 is 29.0 Å². The molecule has 158 valence electrons. The number of imide groups is 1. The van der Waals surface area contributed by atoms with Crippen LogP contribution in [0.15, 0.2) is 79.4 Å². The molecule has 5 heteroatoms. The SMILES string of the molecule is C=C1c2ccc(C)cc2N(C(C)=O)C12C(=O)N(Cc1ccccc1)C(=O)c1ccccc12. The van der Waals surface area contributed by atoms with Crippen LogP contribution in [0, 0.1) is 6.92 Å². The number of amides is 3. The summed E-state index contributed by atoms with van der Waals surface area (Å²) in [5.74, 6) is -1.12. The molecule has 3 aromatic rings. The van der Waals surface area contributed by atoms with Crippen molar-refractivity contribution in [2.45, 2.75) is 25.9 Å². The Morgan fingerprint density at radius 3 is 2.34 bits per heavy atom. The number of hydrogen-bond donors (Lipinski definition) is 0. The second kappa shape index (κ2) is 7.02. The fourth-order valence-corrected chi connectivity index (χ4v) is 4.95. The third-order valence-electron chi connectivity index (χ3n) is 6.34. The minimum Gasteiger partial charge on any atom is -0.288 e. The zero-order chi connectivity index (χ0) is 22.6. The van der Waals surface area contributed by atoms with E-state index in [9.17, 15) is 14.4 Å². The van der Waals surface area contributed by atoms with Gasteiger partial charge >= 0.3 is 0 Å². The molecule has 32 heavy (non-hydrogen) atoms. The van der Waals surface area contributed by atoms with Crippen LogP contribution in [-0.4, -0.2) is 22.6 Å². The molecule has 2 aliphatic heterocycles. The van der Waals surface area contributed by atoms with Crippen LogP contribution >= 0.6 is 0 Å². The maximum Gasteiger partial charge on any atom is 0.265 e. The second-order valence-corrected chi connectivity index (χ2v) is 8.29. The summed E-state index contributed by atoms with van der Waals surface area (Å²) in [6.45, 7) is 7.80. The Bertz CT molecular complexity index is 1310. The molecule has 5 rings (SSSR count). The molecule has 1 spiro atoms. The summed E-state index contributed by atoms with van der Waals surface area (Å²) < 4.78 is 0. The van der Waals surface area contributed by atoms with Crippen molar-refractivity contribution in [1.82, 2.24) is 4.90 Å². The van der Waals surface area contributed by atoms with Gasteiger partial charge in [-0.2, -0.15) is 0 Å². The fourth-order valence-electron chi connectivity index (χ4n) is 4.95. The average Bonchev–Trinajstić information content (AvgIpc) is 3.05. The van der Waals surface area contributed by atoms with Gasteiger partial charge in [-0.3, -0.25) is 24.2 Å². The fraction of sp³-hybridized carbons (Fsp3) is 0.148. The predicted molar refractivity (Wildman–Crippen MR) is 123 cm³/mol. The van der Waals surface area contributed by atoms with E-state index >= 15 is 0 Å². The van der Waals surface area contributed by atoms with Gasteiger partial charge in [0.1, 0.15) is 0 Å². The van der Waals surface area contributed by atoms with E-state index in [0.29, 0.717) is 22.4 Å². The molecule has 0 N–H and O–H groups in total.